The number of hydrogen-bond acceptors (Lipinski definition) is 5. The fraction of sp³-hybridized carbons (Fsp3) is 0.120. The molecule has 2 heterocycles. The molecule has 0 fully saturated rings. The summed E-state index contributed by atoms with van der Waals surface area (Å²) in [6, 6.07) is 20.8. The molecule has 5 aromatic rings. The van der Waals surface area contributed by atoms with Crippen LogP contribution in [0.25, 0.3) is 27.8 Å². The van der Waals surface area contributed by atoms with Crippen LogP contribution >= 0.6 is 0 Å². The van der Waals surface area contributed by atoms with Crippen LogP contribution in [0.1, 0.15) is 21.6 Å². The molecule has 1 amide bonds. The van der Waals surface area contributed by atoms with Crippen LogP contribution in [0.4, 0.5) is 5.69 Å². The van der Waals surface area contributed by atoms with Gasteiger partial charge >= 0.3 is 0 Å². The van der Waals surface area contributed by atoms with Crippen molar-refractivity contribution in [2.75, 3.05) is 12.4 Å². The number of benzene rings is 3. The second-order valence-electron chi connectivity index (χ2n) is 7.60. The second-order valence-corrected chi connectivity index (χ2v) is 7.60. The Balaban J connectivity index is 1.53. The lowest BCUT2D eigenvalue weighted by atomic mass is 10.1. The predicted molar refractivity (Wildman–Crippen MR) is 124 cm³/mol. The third-order valence-corrected chi connectivity index (χ3v) is 5.54. The number of carbonyl (C=O) groups excluding carboxylic acids is 1. The van der Waals surface area contributed by atoms with Crippen molar-refractivity contribution < 1.29 is 9.53 Å². The lowest BCUT2D eigenvalue weighted by molar-refractivity contribution is 0.102. The highest BCUT2D eigenvalue weighted by Gasteiger charge is 2.16. The van der Waals surface area contributed by atoms with Crippen molar-refractivity contribution in [1.82, 2.24) is 19.8 Å². The van der Waals surface area contributed by atoms with Gasteiger partial charge in [-0.25, -0.2) is 0 Å². The van der Waals surface area contributed by atoms with Gasteiger partial charge in [0.25, 0.3) is 5.91 Å². The van der Waals surface area contributed by atoms with E-state index >= 15 is 0 Å². The molecule has 32 heavy (non-hydrogen) atoms. The molecule has 0 bridgehead atoms. The first kappa shape index (κ1) is 19.7. The number of methoxy groups -OCH3 is 1. The van der Waals surface area contributed by atoms with Gasteiger partial charge in [-0.05, 0) is 49.7 Å². The smallest absolute Gasteiger partial charge is 0.255 e. The average Bonchev–Trinajstić information content (AvgIpc) is 3.24. The molecule has 0 radical (unpaired) electrons. The number of amides is 1. The highest BCUT2D eigenvalue weighted by atomic mass is 16.5. The third kappa shape index (κ3) is 3.33. The molecule has 158 valence electrons. The van der Waals surface area contributed by atoms with Gasteiger partial charge in [-0.3, -0.25) is 4.79 Å². The fourth-order valence-corrected chi connectivity index (χ4v) is 3.75. The number of nitrogens with one attached hydrogen (secondary N) is 1. The van der Waals surface area contributed by atoms with Crippen LogP contribution in [0, 0.1) is 13.8 Å². The number of aromatic nitrogens is 4. The Labute approximate surface area is 184 Å². The van der Waals surface area contributed by atoms with Crippen LogP contribution in [0.3, 0.4) is 0 Å². The SMILES string of the molecule is COc1ccc(C(=O)Nc2cc(-c3nnc4c5ccccc5c(C)nn34)ccc2C)cc1. The van der Waals surface area contributed by atoms with E-state index in [0.717, 1.165) is 27.6 Å². The molecule has 0 saturated carbocycles. The first-order chi connectivity index (χ1) is 15.5. The number of hydrogen-bond donors (Lipinski definition) is 1. The first-order valence-corrected chi connectivity index (χ1v) is 10.2. The second kappa shape index (κ2) is 7.77. The monoisotopic (exact) mass is 423 g/mol. The molecule has 0 aliphatic heterocycles. The number of rotatable bonds is 4. The molecule has 7 nitrogen and oxygen atoms in total. The molecule has 7 heteroatoms. The van der Waals surface area contributed by atoms with Crippen molar-refractivity contribution in [1.29, 1.82) is 0 Å². The molecule has 5 rings (SSSR count). The Kier molecular flexibility index (Phi) is 4.78. The van der Waals surface area contributed by atoms with Gasteiger partial charge in [0.1, 0.15) is 5.75 Å². The van der Waals surface area contributed by atoms with Gasteiger partial charge in [0, 0.05) is 27.6 Å². The number of aryl methyl sites for hydroxylation is 2. The van der Waals surface area contributed by atoms with Crippen LogP contribution in [-0.4, -0.2) is 32.8 Å². The van der Waals surface area contributed by atoms with Crippen LogP contribution in [0.5, 0.6) is 5.75 Å². The molecular formula is C25H21N5O2. The molecule has 2 aromatic heterocycles. The number of carbonyl (C=O) groups is 1. The Morgan fingerprint density at radius 2 is 1.69 bits per heavy atom. The maximum Gasteiger partial charge on any atom is 0.255 e. The van der Waals surface area contributed by atoms with E-state index < -0.39 is 0 Å². The minimum Gasteiger partial charge on any atom is -0.497 e. The summed E-state index contributed by atoms with van der Waals surface area (Å²) in [6.45, 7) is 3.92. The van der Waals surface area contributed by atoms with Crippen molar-refractivity contribution in [3.8, 4) is 17.1 Å². The topological polar surface area (TPSA) is 81.4 Å². The molecule has 0 spiro atoms. The zero-order valence-corrected chi connectivity index (χ0v) is 18.0. The van der Waals surface area contributed by atoms with Crippen molar-refractivity contribution in [3.05, 3.63) is 83.6 Å². The van der Waals surface area contributed by atoms with Crippen LogP contribution in [0.2, 0.25) is 0 Å². The summed E-state index contributed by atoms with van der Waals surface area (Å²) >= 11 is 0. The van der Waals surface area contributed by atoms with E-state index in [2.05, 4.69) is 15.5 Å². The highest BCUT2D eigenvalue weighted by molar-refractivity contribution is 6.05. The lowest BCUT2D eigenvalue weighted by Gasteiger charge is -2.11. The summed E-state index contributed by atoms with van der Waals surface area (Å²) in [4.78, 5) is 12.8. The summed E-state index contributed by atoms with van der Waals surface area (Å²) in [7, 11) is 1.59. The van der Waals surface area contributed by atoms with Gasteiger partial charge in [-0.1, -0.05) is 36.4 Å². The van der Waals surface area contributed by atoms with E-state index in [1.165, 1.54) is 0 Å². The molecule has 0 saturated heterocycles. The van der Waals surface area contributed by atoms with Crippen LogP contribution in [0.15, 0.2) is 66.7 Å². The molecule has 0 aliphatic carbocycles. The molecule has 0 aliphatic rings. The van der Waals surface area contributed by atoms with E-state index in [1.807, 2.05) is 56.3 Å². The first-order valence-electron chi connectivity index (χ1n) is 10.2. The van der Waals surface area contributed by atoms with Gasteiger partial charge in [0.2, 0.25) is 0 Å². The van der Waals surface area contributed by atoms with Crippen molar-refractivity contribution >= 4 is 28.0 Å². The lowest BCUT2D eigenvalue weighted by Crippen LogP contribution is -2.12. The predicted octanol–water partition coefficient (Wildman–Crippen LogP) is 4.82. The number of nitrogens with zero attached hydrogens (tertiary/aromatic N) is 4. The number of fused-ring (bicyclic) bond motifs is 3. The van der Waals surface area contributed by atoms with Crippen LogP contribution < -0.4 is 10.1 Å². The van der Waals surface area contributed by atoms with Gasteiger partial charge in [0.15, 0.2) is 11.5 Å². The zero-order valence-electron chi connectivity index (χ0n) is 18.0. The maximum atomic E-state index is 12.8. The molecular weight excluding hydrogens is 402 g/mol. The summed E-state index contributed by atoms with van der Waals surface area (Å²) in [6.07, 6.45) is 0. The fourth-order valence-electron chi connectivity index (χ4n) is 3.75. The van der Waals surface area contributed by atoms with Gasteiger partial charge in [-0.15, -0.1) is 10.2 Å². The quantitative estimate of drug-likeness (QED) is 0.448. The Morgan fingerprint density at radius 1 is 0.938 bits per heavy atom. The van der Waals surface area contributed by atoms with E-state index in [1.54, 1.807) is 35.9 Å². The van der Waals surface area contributed by atoms with Crippen molar-refractivity contribution in [2.45, 2.75) is 13.8 Å². The number of anilines is 1. The van der Waals surface area contributed by atoms with Gasteiger partial charge < -0.3 is 10.1 Å². The number of ether oxygens (including phenoxy) is 1. The highest BCUT2D eigenvalue weighted by Crippen LogP contribution is 2.28. The molecule has 3 aromatic carbocycles. The van der Waals surface area contributed by atoms with Crippen molar-refractivity contribution in [2.24, 2.45) is 0 Å². The summed E-state index contributed by atoms with van der Waals surface area (Å²) in [5.74, 6) is 1.13. The standard InChI is InChI=1S/C25H21N5O2/c1-15-8-9-18(14-22(15)26-25(31)17-10-12-19(32-3)13-11-17)23-27-28-24-21-7-5-4-6-20(21)16(2)29-30(23)24/h4-14H,1-3H3,(H,26,31). The van der Waals surface area contributed by atoms with Crippen LogP contribution in [-0.2, 0) is 0 Å². The Bertz CT molecular complexity index is 1470. The van der Waals surface area contributed by atoms with Crippen molar-refractivity contribution in [3.63, 3.8) is 0 Å². The maximum absolute atomic E-state index is 12.8. The minimum absolute atomic E-state index is 0.195. The summed E-state index contributed by atoms with van der Waals surface area (Å²) in [5, 5.41) is 18.6. The third-order valence-electron chi connectivity index (χ3n) is 5.54. The Morgan fingerprint density at radius 3 is 2.44 bits per heavy atom. The molecule has 1 N–H and O–H groups in total. The molecule has 0 atom stereocenters. The van der Waals surface area contributed by atoms with E-state index in [9.17, 15) is 4.79 Å². The van der Waals surface area contributed by atoms with Gasteiger partial charge in [0.05, 0.1) is 12.8 Å². The minimum atomic E-state index is -0.195. The van der Waals surface area contributed by atoms with E-state index in [0.29, 0.717) is 28.5 Å². The normalized spacial score (nSPS) is 11.1. The zero-order chi connectivity index (χ0) is 22.2. The van der Waals surface area contributed by atoms with E-state index in [-0.39, 0.29) is 5.91 Å². The largest absolute Gasteiger partial charge is 0.497 e. The van der Waals surface area contributed by atoms with E-state index in [4.69, 9.17) is 9.84 Å². The Hall–Kier alpha value is -4.26. The molecule has 0 unspecified atom stereocenters. The summed E-state index contributed by atoms with van der Waals surface area (Å²) < 4.78 is 6.92. The average molecular weight is 423 g/mol. The summed E-state index contributed by atoms with van der Waals surface area (Å²) in [5.41, 5.74) is 4.61. The van der Waals surface area contributed by atoms with Gasteiger partial charge in [-0.2, -0.15) is 9.61 Å².